The number of nitroso groups, excluding NO2 is 1. The molecule has 0 amide bonds. The smallest absolute Gasteiger partial charge is 0.119 e. The lowest BCUT2D eigenvalue weighted by atomic mass is 9.43. The van der Waals surface area contributed by atoms with E-state index in [0.717, 1.165) is 50.3 Å². The van der Waals surface area contributed by atoms with Gasteiger partial charge >= 0.3 is 0 Å². The summed E-state index contributed by atoms with van der Waals surface area (Å²) in [6, 6.07) is 11.6. The van der Waals surface area contributed by atoms with Crippen molar-refractivity contribution in [1.82, 2.24) is 10.2 Å². The van der Waals surface area contributed by atoms with E-state index in [9.17, 15) is 4.91 Å². The number of likely N-dealkylation sites (tertiary alicyclic amines) is 1. The van der Waals surface area contributed by atoms with Crippen LogP contribution in [0, 0.1) is 16.2 Å². The van der Waals surface area contributed by atoms with E-state index in [0.29, 0.717) is 23.7 Å². The van der Waals surface area contributed by atoms with Crippen LogP contribution in [0.5, 0.6) is 0 Å². The highest BCUT2D eigenvalue weighted by atomic mass is 32.1. The van der Waals surface area contributed by atoms with Gasteiger partial charge in [0, 0.05) is 34.6 Å². The Bertz CT molecular complexity index is 1290. The Labute approximate surface area is 231 Å². The van der Waals surface area contributed by atoms with Gasteiger partial charge in [-0.15, -0.1) is 16.2 Å². The van der Waals surface area contributed by atoms with Gasteiger partial charge in [0.25, 0.3) is 0 Å². The van der Waals surface area contributed by atoms with Crippen LogP contribution in [0.15, 0.2) is 69.9 Å². The van der Waals surface area contributed by atoms with E-state index in [1.165, 1.54) is 40.8 Å². The molecule has 1 aromatic carbocycles. The van der Waals surface area contributed by atoms with Crippen LogP contribution in [0.25, 0.3) is 0 Å². The Kier molecular flexibility index (Phi) is 6.68. The van der Waals surface area contributed by atoms with E-state index in [4.69, 9.17) is 4.99 Å². The highest BCUT2D eigenvalue weighted by Crippen LogP contribution is 2.72. The zero-order valence-electron chi connectivity index (χ0n) is 23.0. The fraction of sp³-hybridized carbons (Fsp3) is 0.531. The fourth-order valence-electron chi connectivity index (χ4n) is 9.06. The van der Waals surface area contributed by atoms with Crippen molar-refractivity contribution < 1.29 is 0 Å². The molecular formula is C32H40N4OS. The second kappa shape index (κ2) is 9.87. The average Bonchev–Trinajstić information content (AvgIpc) is 3.48. The molecule has 1 saturated heterocycles. The van der Waals surface area contributed by atoms with E-state index in [1.54, 1.807) is 0 Å². The van der Waals surface area contributed by atoms with E-state index in [2.05, 4.69) is 71.5 Å². The lowest BCUT2D eigenvalue weighted by Gasteiger charge is -2.66. The van der Waals surface area contributed by atoms with Crippen LogP contribution >= 0.6 is 11.3 Å². The van der Waals surface area contributed by atoms with Crippen LogP contribution in [-0.4, -0.2) is 35.8 Å². The molecule has 1 aliphatic heterocycles. The van der Waals surface area contributed by atoms with Gasteiger partial charge in [-0.3, -0.25) is 4.90 Å². The zero-order valence-corrected chi connectivity index (χ0v) is 23.8. The lowest BCUT2D eigenvalue weighted by Crippen LogP contribution is -2.70. The van der Waals surface area contributed by atoms with Crippen LogP contribution in [0.2, 0.25) is 0 Å². The number of piperidine rings is 1. The van der Waals surface area contributed by atoms with E-state index in [-0.39, 0.29) is 10.8 Å². The second-order valence-electron chi connectivity index (χ2n) is 12.3. The van der Waals surface area contributed by atoms with Crippen molar-refractivity contribution in [3.8, 4) is 0 Å². The molecule has 4 aliphatic rings. The first-order valence-electron chi connectivity index (χ1n) is 14.3. The molecule has 1 N–H and O–H groups in total. The van der Waals surface area contributed by atoms with E-state index >= 15 is 0 Å². The monoisotopic (exact) mass is 528 g/mol. The van der Waals surface area contributed by atoms with Crippen molar-refractivity contribution in [2.75, 3.05) is 13.1 Å². The number of rotatable bonds is 8. The van der Waals surface area contributed by atoms with Crippen molar-refractivity contribution >= 4 is 22.7 Å². The molecule has 3 aliphatic carbocycles. The number of thiophene rings is 1. The van der Waals surface area contributed by atoms with Gasteiger partial charge < -0.3 is 5.32 Å². The maximum atomic E-state index is 11.6. The number of benzene rings is 1. The summed E-state index contributed by atoms with van der Waals surface area (Å²) in [7, 11) is 0. The van der Waals surface area contributed by atoms with Gasteiger partial charge in [0.15, 0.2) is 0 Å². The Balaban J connectivity index is 1.35. The Hall–Kier alpha value is -2.57. The SMILES string of the molecule is C=C(/N=C(/C)C=C(C)C)NC1CCC23CCC1C21CCN(CCc2cccs2)C3Cc2ccc(N=O)cc21. The molecule has 6 rings (SSSR count). The number of hydrogen-bond acceptors (Lipinski definition) is 6. The molecule has 3 fully saturated rings. The number of allylic oxidation sites excluding steroid dienone is 2. The summed E-state index contributed by atoms with van der Waals surface area (Å²) in [5.41, 5.74) is 6.01. The molecule has 2 saturated carbocycles. The van der Waals surface area contributed by atoms with Crippen molar-refractivity contribution in [2.24, 2.45) is 21.5 Å². The van der Waals surface area contributed by atoms with Crippen LogP contribution in [0.4, 0.5) is 5.69 Å². The van der Waals surface area contributed by atoms with Gasteiger partial charge in [0.2, 0.25) is 0 Å². The summed E-state index contributed by atoms with van der Waals surface area (Å²) < 4.78 is 0. The quantitative estimate of drug-likeness (QED) is 0.289. The largest absolute Gasteiger partial charge is 0.368 e. The van der Waals surface area contributed by atoms with Crippen molar-refractivity contribution in [3.63, 3.8) is 0 Å². The number of nitrogens with one attached hydrogen (secondary N) is 1. The van der Waals surface area contributed by atoms with Gasteiger partial charge in [0.05, 0.1) is 0 Å². The first-order chi connectivity index (χ1) is 18.4. The first kappa shape index (κ1) is 25.7. The third kappa shape index (κ3) is 4.03. The van der Waals surface area contributed by atoms with Crippen LogP contribution < -0.4 is 5.32 Å². The van der Waals surface area contributed by atoms with Crippen molar-refractivity contribution in [3.05, 3.63) is 80.7 Å². The van der Waals surface area contributed by atoms with Gasteiger partial charge in [-0.25, -0.2) is 4.99 Å². The van der Waals surface area contributed by atoms with Crippen LogP contribution in [-0.2, 0) is 18.3 Å². The third-order valence-corrected chi connectivity index (χ3v) is 11.1. The Morgan fingerprint density at radius 2 is 2.05 bits per heavy atom. The summed E-state index contributed by atoms with van der Waals surface area (Å²) >= 11 is 1.88. The molecule has 5 unspecified atom stereocenters. The number of aliphatic imine (C=N–C) groups is 1. The molecule has 200 valence electrons. The molecular weight excluding hydrogens is 488 g/mol. The van der Waals surface area contributed by atoms with Crippen molar-refractivity contribution in [1.29, 1.82) is 0 Å². The Morgan fingerprint density at radius 1 is 1.21 bits per heavy atom. The molecule has 5 nitrogen and oxygen atoms in total. The molecule has 6 heteroatoms. The lowest BCUT2D eigenvalue weighted by molar-refractivity contribution is -0.0931. The standard InChI is InChI=1S/C32H40N4OS/c1-21(2)18-22(3)33-23(4)34-29-10-13-31-12-9-27(29)32(31)14-16-36(15-11-26-6-5-17-38-26)30(31)19-24-7-8-25(35-37)20-28(24)32/h5-8,17-18,20,27,29-30,34H,4,9-16,19H2,1-3H3/b33-22-. The van der Waals surface area contributed by atoms with Crippen LogP contribution in [0.3, 0.4) is 0 Å². The minimum Gasteiger partial charge on any atom is -0.368 e. The molecule has 5 atom stereocenters. The summed E-state index contributed by atoms with van der Waals surface area (Å²) in [5, 5.41) is 9.35. The molecule has 2 aromatic rings. The van der Waals surface area contributed by atoms with Gasteiger partial charge in [-0.1, -0.05) is 24.3 Å². The first-order valence-corrected chi connectivity index (χ1v) is 15.1. The average molecular weight is 529 g/mol. The summed E-state index contributed by atoms with van der Waals surface area (Å²) in [6.45, 7) is 12.8. The van der Waals surface area contributed by atoms with Crippen LogP contribution in [0.1, 0.15) is 68.9 Å². The molecule has 38 heavy (non-hydrogen) atoms. The van der Waals surface area contributed by atoms with Gasteiger partial charge in [-0.05, 0) is 130 Å². The summed E-state index contributed by atoms with van der Waals surface area (Å²) in [5.74, 6) is 1.28. The van der Waals surface area contributed by atoms with E-state index < -0.39 is 0 Å². The summed E-state index contributed by atoms with van der Waals surface area (Å²) in [4.78, 5) is 20.7. The maximum absolute atomic E-state index is 11.6. The normalized spacial score (nSPS) is 31.8. The highest BCUT2D eigenvalue weighted by Gasteiger charge is 2.71. The third-order valence-electron chi connectivity index (χ3n) is 10.2. The van der Waals surface area contributed by atoms with Crippen molar-refractivity contribution in [2.45, 2.75) is 83.2 Å². The van der Waals surface area contributed by atoms with Gasteiger partial charge in [-0.2, -0.15) is 0 Å². The fourth-order valence-corrected chi connectivity index (χ4v) is 9.76. The zero-order chi connectivity index (χ0) is 26.5. The highest BCUT2D eigenvalue weighted by molar-refractivity contribution is 7.09. The molecule has 0 spiro atoms. The molecule has 2 heterocycles. The maximum Gasteiger partial charge on any atom is 0.119 e. The summed E-state index contributed by atoms with van der Waals surface area (Å²) in [6.07, 6.45) is 10.3. The van der Waals surface area contributed by atoms with Gasteiger partial charge in [0.1, 0.15) is 11.5 Å². The molecule has 0 radical (unpaired) electrons. The molecule has 1 aromatic heterocycles. The van der Waals surface area contributed by atoms with E-state index in [1.807, 2.05) is 24.3 Å². The number of nitrogens with zero attached hydrogens (tertiary/aromatic N) is 3. The number of hydrogen-bond donors (Lipinski definition) is 1. The predicted molar refractivity (Wildman–Crippen MR) is 158 cm³/mol. The second-order valence-corrected chi connectivity index (χ2v) is 13.3. The molecule has 4 bridgehead atoms. The number of fused-ring (bicyclic) bond motifs is 1. The Morgan fingerprint density at radius 3 is 2.82 bits per heavy atom. The topological polar surface area (TPSA) is 57.1 Å². The predicted octanol–water partition coefficient (Wildman–Crippen LogP) is 7.30. The minimum atomic E-state index is 0.0836. The minimum absolute atomic E-state index is 0.0836.